The van der Waals surface area contributed by atoms with E-state index in [1.807, 2.05) is 26.8 Å². The van der Waals surface area contributed by atoms with Crippen molar-refractivity contribution in [1.29, 1.82) is 0 Å². The molecule has 1 aromatic rings. The number of ketones is 1. The molecule has 28 heavy (non-hydrogen) atoms. The predicted molar refractivity (Wildman–Crippen MR) is 105 cm³/mol. The Balaban J connectivity index is 2.32. The van der Waals surface area contributed by atoms with E-state index in [2.05, 4.69) is 0 Å². The van der Waals surface area contributed by atoms with E-state index in [0.717, 1.165) is 12.8 Å². The van der Waals surface area contributed by atoms with Crippen LogP contribution in [0.5, 0.6) is 17.2 Å². The normalized spacial score (nSPS) is 21.8. The smallest absolute Gasteiger partial charge is 0.311 e. The Kier molecular flexibility index (Phi) is 5.28. The van der Waals surface area contributed by atoms with Crippen molar-refractivity contribution in [3.63, 3.8) is 0 Å². The van der Waals surface area contributed by atoms with Crippen LogP contribution in [0.15, 0.2) is 6.08 Å². The van der Waals surface area contributed by atoms with Gasteiger partial charge in [-0.05, 0) is 39.3 Å². The number of phenolic OH excluding ortho intramolecular Hbond substituents is 1. The maximum absolute atomic E-state index is 13.1. The summed E-state index contributed by atoms with van der Waals surface area (Å²) in [6.45, 7) is 8.92. The van der Waals surface area contributed by atoms with E-state index in [1.54, 1.807) is 13.0 Å². The summed E-state index contributed by atoms with van der Waals surface area (Å²) >= 11 is 0. The summed E-state index contributed by atoms with van der Waals surface area (Å²) in [5.41, 5.74) is 0.430. The predicted octanol–water partition coefficient (Wildman–Crippen LogP) is 3.97. The minimum atomic E-state index is -0.907. The first-order valence-corrected chi connectivity index (χ1v) is 9.81. The molecular weight excluding hydrogens is 360 g/mol. The van der Waals surface area contributed by atoms with Crippen molar-refractivity contribution < 1.29 is 29.3 Å². The van der Waals surface area contributed by atoms with Crippen LogP contribution >= 0.6 is 0 Å². The number of hydrogen-bond donors (Lipinski definition) is 2. The van der Waals surface area contributed by atoms with Gasteiger partial charge in [-0.3, -0.25) is 9.59 Å². The molecule has 2 aliphatic heterocycles. The maximum atomic E-state index is 13.1. The van der Waals surface area contributed by atoms with Crippen molar-refractivity contribution in [2.75, 3.05) is 0 Å². The summed E-state index contributed by atoms with van der Waals surface area (Å²) in [5, 5.41) is 20.8. The van der Waals surface area contributed by atoms with E-state index in [9.17, 15) is 19.8 Å². The van der Waals surface area contributed by atoms with Crippen LogP contribution in [0.1, 0.15) is 81.3 Å². The van der Waals surface area contributed by atoms with Crippen molar-refractivity contribution in [2.24, 2.45) is 5.92 Å². The number of carbonyl (C=O) groups excluding carboxylic acids is 2. The zero-order chi connectivity index (χ0) is 20.8. The highest BCUT2D eigenvalue weighted by Crippen LogP contribution is 2.53. The van der Waals surface area contributed by atoms with Gasteiger partial charge in [-0.25, -0.2) is 0 Å². The Labute approximate surface area is 165 Å². The minimum Gasteiger partial charge on any atom is -0.506 e. The van der Waals surface area contributed by atoms with Crippen molar-refractivity contribution in [3.05, 3.63) is 22.8 Å². The number of benzene rings is 1. The number of aromatic hydroxyl groups is 1. The van der Waals surface area contributed by atoms with Gasteiger partial charge in [0, 0.05) is 17.4 Å². The van der Waals surface area contributed by atoms with E-state index >= 15 is 0 Å². The largest absolute Gasteiger partial charge is 0.506 e. The van der Waals surface area contributed by atoms with Crippen LogP contribution in [-0.4, -0.2) is 33.7 Å². The molecule has 0 saturated heterocycles. The molecule has 0 fully saturated rings. The molecule has 2 heterocycles. The lowest BCUT2D eigenvalue weighted by molar-refractivity contribution is -0.136. The maximum Gasteiger partial charge on any atom is 0.311 e. The first-order chi connectivity index (χ1) is 13.1. The third-order valence-corrected chi connectivity index (χ3v) is 5.53. The van der Waals surface area contributed by atoms with Gasteiger partial charge in [0.2, 0.25) is 0 Å². The van der Waals surface area contributed by atoms with E-state index in [1.165, 1.54) is 6.92 Å². The van der Waals surface area contributed by atoms with Crippen molar-refractivity contribution in [2.45, 2.75) is 71.5 Å². The summed E-state index contributed by atoms with van der Waals surface area (Å²) < 4.78 is 11.7. The molecule has 2 aliphatic rings. The fourth-order valence-electron chi connectivity index (χ4n) is 3.78. The zero-order valence-corrected chi connectivity index (χ0v) is 17.0. The lowest BCUT2D eigenvalue weighted by atomic mass is 9.81. The fourth-order valence-corrected chi connectivity index (χ4v) is 3.78. The fraction of sp³-hybridized carbons (Fsp3) is 0.545. The van der Waals surface area contributed by atoms with Crippen LogP contribution in [0.2, 0.25) is 0 Å². The molecule has 152 valence electrons. The summed E-state index contributed by atoms with van der Waals surface area (Å²) in [5.74, 6) is -1.55. The number of rotatable bonds is 5. The molecule has 0 saturated carbocycles. The van der Waals surface area contributed by atoms with E-state index in [4.69, 9.17) is 9.47 Å². The first-order valence-electron chi connectivity index (χ1n) is 9.81. The number of hydrogen-bond acceptors (Lipinski definition) is 6. The van der Waals surface area contributed by atoms with Crippen molar-refractivity contribution >= 4 is 17.8 Å². The molecule has 0 amide bonds. The molecule has 2 N–H and O–H groups in total. The summed E-state index contributed by atoms with van der Waals surface area (Å²) in [7, 11) is 0. The summed E-state index contributed by atoms with van der Waals surface area (Å²) in [4.78, 5) is 25.4. The van der Waals surface area contributed by atoms with Gasteiger partial charge < -0.3 is 19.7 Å². The number of aliphatic hydroxyl groups excluding tert-OH is 1. The van der Waals surface area contributed by atoms with E-state index in [0.29, 0.717) is 16.9 Å². The van der Waals surface area contributed by atoms with Crippen LogP contribution in [-0.2, 0) is 4.79 Å². The number of ether oxygens (including phenoxy) is 2. The zero-order valence-electron chi connectivity index (χ0n) is 17.0. The second-order valence-corrected chi connectivity index (χ2v) is 8.31. The van der Waals surface area contributed by atoms with Crippen LogP contribution < -0.4 is 9.47 Å². The number of carbonyl (C=O) groups is 2. The first kappa shape index (κ1) is 20.4. The van der Waals surface area contributed by atoms with Crippen LogP contribution in [0, 0.1) is 5.92 Å². The highest BCUT2D eigenvalue weighted by molar-refractivity contribution is 6.06. The molecule has 6 nitrogen and oxygen atoms in total. The standard InChI is InChI=1S/C22H28O6/c1-6-7-13-10-15(24)27-21-16(13)20-14(8-9-22(4,5)28-20)19(26)17(21)18(25)11(2)12(3)23/h8-9,11-13,23,26H,6-7,10H2,1-5H3/t11-,12-,13+/m0/s1. The SMILES string of the molecule is CCC[C@@H]1CC(=O)Oc2c(C(=O)[C@@H](C)[C@H](C)O)c(O)c3c(c21)OC(C)(C)C=C3. The molecule has 3 rings (SSSR count). The minimum absolute atomic E-state index is 0.0516. The highest BCUT2D eigenvalue weighted by Gasteiger charge is 2.41. The van der Waals surface area contributed by atoms with E-state index < -0.39 is 29.4 Å². The quantitative estimate of drug-likeness (QED) is 0.450. The second-order valence-electron chi connectivity index (χ2n) is 8.31. The molecule has 0 spiro atoms. The molecular formula is C22H28O6. The molecule has 0 unspecified atom stereocenters. The third-order valence-electron chi connectivity index (χ3n) is 5.53. The Morgan fingerprint density at radius 3 is 2.61 bits per heavy atom. The third kappa shape index (κ3) is 3.41. The molecule has 0 bridgehead atoms. The van der Waals surface area contributed by atoms with Gasteiger partial charge in [0.1, 0.15) is 22.7 Å². The molecule has 0 radical (unpaired) electrons. The topological polar surface area (TPSA) is 93.1 Å². The Bertz CT molecular complexity index is 849. The van der Waals surface area contributed by atoms with Gasteiger partial charge >= 0.3 is 5.97 Å². The van der Waals surface area contributed by atoms with Crippen molar-refractivity contribution in [1.82, 2.24) is 0 Å². The number of phenols is 1. The molecule has 0 aliphatic carbocycles. The number of esters is 1. The van der Waals surface area contributed by atoms with Crippen LogP contribution in [0.3, 0.4) is 0 Å². The summed E-state index contributed by atoms with van der Waals surface area (Å²) in [6.07, 6.45) is 4.43. The van der Waals surface area contributed by atoms with Crippen LogP contribution in [0.25, 0.3) is 6.08 Å². The monoisotopic (exact) mass is 388 g/mol. The lowest BCUT2D eigenvalue weighted by Gasteiger charge is -2.35. The molecule has 0 aromatic heterocycles. The van der Waals surface area contributed by atoms with Gasteiger partial charge in [-0.2, -0.15) is 0 Å². The van der Waals surface area contributed by atoms with Gasteiger partial charge in [0.25, 0.3) is 0 Å². The van der Waals surface area contributed by atoms with Gasteiger partial charge in [0.05, 0.1) is 18.1 Å². The van der Waals surface area contributed by atoms with Crippen molar-refractivity contribution in [3.8, 4) is 17.2 Å². The average molecular weight is 388 g/mol. The number of Topliss-reactive ketones (excluding diaryl/α,β-unsaturated/α-hetero) is 1. The number of fused-ring (bicyclic) bond motifs is 3. The molecule has 1 aromatic carbocycles. The van der Waals surface area contributed by atoms with Gasteiger partial charge in [-0.15, -0.1) is 0 Å². The second kappa shape index (κ2) is 7.24. The Morgan fingerprint density at radius 2 is 2.00 bits per heavy atom. The Morgan fingerprint density at radius 1 is 1.32 bits per heavy atom. The number of aliphatic hydroxyl groups is 1. The molecule has 6 heteroatoms. The molecule has 3 atom stereocenters. The lowest BCUT2D eigenvalue weighted by Crippen LogP contribution is -2.32. The highest BCUT2D eigenvalue weighted by atomic mass is 16.5. The van der Waals surface area contributed by atoms with Gasteiger partial charge in [-0.1, -0.05) is 20.3 Å². The van der Waals surface area contributed by atoms with E-state index in [-0.39, 0.29) is 29.4 Å². The van der Waals surface area contributed by atoms with Gasteiger partial charge in [0.15, 0.2) is 11.5 Å². The average Bonchev–Trinajstić information content (AvgIpc) is 2.59. The van der Waals surface area contributed by atoms with Crippen LogP contribution in [0.4, 0.5) is 0 Å². The Hall–Kier alpha value is -2.34. The summed E-state index contributed by atoms with van der Waals surface area (Å²) in [6, 6.07) is 0.